The van der Waals surface area contributed by atoms with Gasteiger partial charge in [-0.2, -0.15) is 0 Å². The molecule has 0 fully saturated rings. The summed E-state index contributed by atoms with van der Waals surface area (Å²) in [6.07, 6.45) is 3.12. The van der Waals surface area contributed by atoms with Gasteiger partial charge in [0.2, 0.25) is 0 Å². The molecule has 0 heterocycles. The van der Waals surface area contributed by atoms with E-state index in [0.29, 0.717) is 16.8 Å². The van der Waals surface area contributed by atoms with Gasteiger partial charge in [-0.15, -0.1) is 0 Å². The van der Waals surface area contributed by atoms with Gasteiger partial charge in [0.25, 0.3) is 11.8 Å². The van der Waals surface area contributed by atoms with Crippen molar-refractivity contribution >= 4 is 23.5 Å². The largest absolute Gasteiger partial charge is 0.452 e. The minimum absolute atomic E-state index is 0.246. The summed E-state index contributed by atoms with van der Waals surface area (Å²) in [6, 6.07) is 12.0. The van der Waals surface area contributed by atoms with Gasteiger partial charge in [-0.05, 0) is 60.7 Å². The van der Waals surface area contributed by atoms with Gasteiger partial charge in [-0.3, -0.25) is 9.59 Å². The molecule has 2 aromatic carbocycles. The van der Waals surface area contributed by atoms with Crippen LogP contribution in [0.2, 0.25) is 0 Å². The third-order valence-electron chi connectivity index (χ3n) is 4.30. The molecule has 0 bridgehead atoms. The monoisotopic (exact) mass is 352 g/mol. The summed E-state index contributed by atoms with van der Waals surface area (Å²) in [4.78, 5) is 35.7. The van der Waals surface area contributed by atoms with E-state index in [-0.39, 0.29) is 12.5 Å². The number of hydrogen-bond donors (Lipinski definition) is 2. The summed E-state index contributed by atoms with van der Waals surface area (Å²) in [5, 5.41) is 5.13. The van der Waals surface area contributed by atoms with Crippen LogP contribution in [0.1, 0.15) is 38.3 Å². The summed E-state index contributed by atoms with van der Waals surface area (Å²) in [5.41, 5.74) is 3.80. The van der Waals surface area contributed by atoms with Crippen molar-refractivity contribution < 1.29 is 19.1 Å². The van der Waals surface area contributed by atoms with E-state index in [1.807, 2.05) is 12.1 Å². The lowest BCUT2D eigenvalue weighted by Crippen LogP contribution is -2.22. The molecule has 6 nitrogen and oxygen atoms in total. The van der Waals surface area contributed by atoms with Gasteiger partial charge in [0.05, 0.1) is 5.56 Å². The Morgan fingerprint density at radius 3 is 2.62 bits per heavy atom. The summed E-state index contributed by atoms with van der Waals surface area (Å²) < 4.78 is 5.09. The lowest BCUT2D eigenvalue weighted by atomic mass is 10.1. The number of carbonyl (C=O) groups excluding carboxylic acids is 3. The first-order valence-electron chi connectivity index (χ1n) is 8.48. The Morgan fingerprint density at radius 1 is 1.00 bits per heavy atom. The van der Waals surface area contributed by atoms with Crippen molar-refractivity contribution in [2.75, 3.05) is 19.0 Å². The molecule has 0 saturated heterocycles. The lowest BCUT2D eigenvalue weighted by molar-refractivity contribution is -0.119. The highest BCUT2D eigenvalue weighted by Crippen LogP contribution is 2.23. The SMILES string of the molecule is CNC(=O)c1cccc(NC(=O)COC(=O)c2ccc3c(c2)CCC3)c1. The molecule has 0 aliphatic heterocycles. The Balaban J connectivity index is 1.55. The van der Waals surface area contributed by atoms with Crippen LogP contribution in [-0.4, -0.2) is 31.4 Å². The number of amides is 2. The van der Waals surface area contributed by atoms with Crippen molar-refractivity contribution in [3.05, 3.63) is 64.7 Å². The van der Waals surface area contributed by atoms with Crippen LogP contribution in [0.25, 0.3) is 0 Å². The Hall–Kier alpha value is -3.15. The predicted octanol–water partition coefficient (Wildman–Crippen LogP) is 2.33. The van der Waals surface area contributed by atoms with Crippen LogP contribution < -0.4 is 10.6 Å². The first kappa shape index (κ1) is 17.7. The molecule has 0 saturated carbocycles. The summed E-state index contributed by atoms with van der Waals surface area (Å²) in [6.45, 7) is -0.389. The number of anilines is 1. The van der Waals surface area contributed by atoms with E-state index in [9.17, 15) is 14.4 Å². The summed E-state index contributed by atoms with van der Waals surface area (Å²) in [5.74, 6) is -1.23. The highest BCUT2D eigenvalue weighted by atomic mass is 16.5. The quantitative estimate of drug-likeness (QED) is 0.809. The third-order valence-corrected chi connectivity index (χ3v) is 4.30. The highest BCUT2D eigenvalue weighted by molar-refractivity contribution is 5.98. The number of hydrogen-bond acceptors (Lipinski definition) is 4. The maximum atomic E-state index is 12.1. The number of aryl methyl sites for hydroxylation is 2. The van der Waals surface area contributed by atoms with Crippen molar-refractivity contribution in [3.63, 3.8) is 0 Å². The molecule has 3 rings (SSSR count). The molecule has 2 amide bonds. The smallest absolute Gasteiger partial charge is 0.338 e. The Kier molecular flexibility index (Phi) is 5.31. The van der Waals surface area contributed by atoms with Crippen molar-refractivity contribution in [2.24, 2.45) is 0 Å². The summed E-state index contributed by atoms with van der Waals surface area (Å²) >= 11 is 0. The molecular weight excluding hydrogens is 332 g/mol. The molecule has 6 heteroatoms. The second kappa shape index (κ2) is 7.82. The van der Waals surface area contributed by atoms with Crippen LogP contribution in [0.3, 0.4) is 0 Å². The molecule has 0 aromatic heterocycles. The molecule has 1 aliphatic rings. The molecule has 134 valence electrons. The number of nitrogens with one attached hydrogen (secondary N) is 2. The molecule has 0 unspecified atom stereocenters. The van der Waals surface area contributed by atoms with E-state index in [2.05, 4.69) is 10.6 Å². The molecule has 26 heavy (non-hydrogen) atoms. The van der Waals surface area contributed by atoms with Gasteiger partial charge in [0.15, 0.2) is 6.61 Å². The first-order chi connectivity index (χ1) is 12.6. The Morgan fingerprint density at radius 2 is 1.81 bits per heavy atom. The standard InChI is InChI=1S/C20H20N2O4/c1-21-19(24)15-6-3-7-17(11-15)22-18(23)12-26-20(25)16-9-8-13-4-2-5-14(13)10-16/h3,6-11H,2,4-5,12H2,1H3,(H,21,24)(H,22,23). The number of fused-ring (bicyclic) bond motifs is 1. The van der Waals surface area contributed by atoms with Gasteiger partial charge < -0.3 is 15.4 Å². The van der Waals surface area contributed by atoms with E-state index in [1.165, 1.54) is 18.2 Å². The van der Waals surface area contributed by atoms with Crippen LogP contribution >= 0.6 is 0 Å². The third kappa shape index (κ3) is 4.08. The van der Waals surface area contributed by atoms with Crippen LogP contribution in [0.4, 0.5) is 5.69 Å². The minimum Gasteiger partial charge on any atom is -0.452 e. The molecule has 2 aromatic rings. The second-order valence-corrected chi connectivity index (χ2v) is 6.12. The zero-order valence-corrected chi connectivity index (χ0v) is 14.5. The zero-order valence-electron chi connectivity index (χ0n) is 14.5. The Labute approximate surface area is 151 Å². The van der Waals surface area contributed by atoms with Gasteiger partial charge in [-0.25, -0.2) is 4.79 Å². The van der Waals surface area contributed by atoms with Crippen LogP contribution in [0.5, 0.6) is 0 Å². The van der Waals surface area contributed by atoms with E-state index in [1.54, 1.807) is 30.3 Å². The fourth-order valence-corrected chi connectivity index (χ4v) is 2.99. The number of carbonyl (C=O) groups is 3. The fraction of sp³-hybridized carbons (Fsp3) is 0.250. The number of rotatable bonds is 5. The average molecular weight is 352 g/mol. The van der Waals surface area contributed by atoms with Crippen molar-refractivity contribution in [1.29, 1.82) is 0 Å². The van der Waals surface area contributed by atoms with Gasteiger partial charge in [-0.1, -0.05) is 12.1 Å². The van der Waals surface area contributed by atoms with Crippen LogP contribution in [0, 0.1) is 0 Å². The molecular formula is C20H20N2O4. The topological polar surface area (TPSA) is 84.5 Å². The molecule has 0 radical (unpaired) electrons. The second-order valence-electron chi connectivity index (χ2n) is 6.12. The van der Waals surface area contributed by atoms with Gasteiger partial charge in [0, 0.05) is 18.3 Å². The van der Waals surface area contributed by atoms with Crippen molar-refractivity contribution in [1.82, 2.24) is 5.32 Å². The number of ether oxygens (including phenoxy) is 1. The average Bonchev–Trinajstić information content (AvgIpc) is 3.13. The van der Waals surface area contributed by atoms with Crippen LogP contribution in [0.15, 0.2) is 42.5 Å². The number of benzene rings is 2. The zero-order chi connectivity index (χ0) is 18.5. The lowest BCUT2D eigenvalue weighted by Gasteiger charge is -2.08. The van der Waals surface area contributed by atoms with E-state index in [4.69, 9.17) is 4.74 Å². The number of esters is 1. The minimum atomic E-state index is -0.519. The van der Waals surface area contributed by atoms with Crippen molar-refractivity contribution in [2.45, 2.75) is 19.3 Å². The van der Waals surface area contributed by atoms with Gasteiger partial charge >= 0.3 is 5.97 Å². The summed E-state index contributed by atoms with van der Waals surface area (Å²) in [7, 11) is 1.53. The predicted molar refractivity (Wildman–Crippen MR) is 97.2 cm³/mol. The molecule has 0 spiro atoms. The molecule has 2 N–H and O–H groups in total. The molecule has 0 atom stereocenters. The van der Waals surface area contributed by atoms with Gasteiger partial charge in [0.1, 0.15) is 0 Å². The normalized spacial score (nSPS) is 12.2. The Bertz CT molecular complexity index is 861. The molecule has 1 aliphatic carbocycles. The maximum Gasteiger partial charge on any atom is 0.338 e. The first-order valence-corrected chi connectivity index (χ1v) is 8.48. The maximum absolute atomic E-state index is 12.1. The van der Waals surface area contributed by atoms with E-state index in [0.717, 1.165) is 19.3 Å². The van der Waals surface area contributed by atoms with Crippen molar-refractivity contribution in [3.8, 4) is 0 Å². The van der Waals surface area contributed by atoms with E-state index < -0.39 is 11.9 Å². The van der Waals surface area contributed by atoms with E-state index >= 15 is 0 Å². The van der Waals surface area contributed by atoms with Crippen LogP contribution in [-0.2, 0) is 22.4 Å². The fourth-order valence-electron chi connectivity index (χ4n) is 2.99. The highest BCUT2D eigenvalue weighted by Gasteiger charge is 2.16.